The number of para-hydroxylation sites is 5. The van der Waals surface area contributed by atoms with Gasteiger partial charge in [0.05, 0.1) is 27.8 Å². The maximum Gasteiger partial charge on any atom is 0.0619 e. The summed E-state index contributed by atoms with van der Waals surface area (Å²) in [6.07, 6.45) is 0. The van der Waals surface area contributed by atoms with Crippen LogP contribution in [-0.2, 0) is 0 Å². The van der Waals surface area contributed by atoms with Gasteiger partial charge in [0.1, 0.15) is 0 Å². The summed E-state index contributed by atoms with van der Waals surface area (Å²) in [4.78, 5) is 2.50. The van der Waals surface area contributed by atoms with E-state index in [9.17, 15) is 0 Å². The fourth-order valence-corrected chi connectivity index (χ4v) is 11.3. The van der Waals surface area contributed by atoms with E-state index >= 15 is 0 Å². The first-order chi connectivity index (χ1) is 35.2. The maximum absolute atomic E-state index is 2.50. The van der Waals surface area contributed by atoms with Crippen LogP contribution in [0.15, 0.2) is 273 Å². The molecular formula is C68H45N3. The lowest BCUT2D eigenvalue weighted by molar-refractivity contribution is 1.18. The maximum atomic E-state index is 2.50. The summed E-state index contributed by atoms with van der Waals surface area (Å²) in [6.45, 7) is 0. The smallest absolute Gasteiger partial charge is 0.0619 e. The molecule has 0 unspecified atom stereocenters. The summed E-state index contributed by atoms with van der Waals surface area (Å²) < 4.78 is 4.80. The Morgan fingerprint density at radius 3 is 1.24 bits per heavy atom. The van der Waals surface area contributed by atoms with Crippen molar-refractivity contribution < 1.29 is 0 Å². The fourth-order valence-electron chi connectivity index (χ4n) is 11.3. The summed E-state index contributed by atoms with van der Waals surface area (Å²) in [7, 11) is 0. The molecule has 0 bridgehead atoms. The zero-order valence-corrected chi connectivity index (χ0v) is 38.8. The topological polar surface area (TPSA) is 13.1 Å². The van der Waals surface area contributed by atoms with Crippen LogP contribution in [0.1, 0.15) is 0 Å². The SMILES string of the molecule is c1ccc(-c2ccc3c(N(c4ccccc4)c4ccc5c(c4)c4ccccc4n5-c4ccccc4)c4cc(-c5ccccc5)ccc4c(-c4ccc(-n5c6ccccc6c6ccccc65)cc4)c3c2)cc1. The second-order valence-electron chi connectivity index (χ2n) is 18.5. The molecule has 0 aliphatic carbocycles. The molecule has 332 valence electrons. The van der Waals surface area contributed by atoms with Gasteiger partial charge in [-0.3, -0.25) is 0 Å². The zero-order valence-electron chi connectivity index (χ0n) is 38.8. The second kappa shape index (κ2) is 16.7. The Morgan fingerprint density at radius 1 is 0.225 bits per heavy atom. The number of nitrogens with zero attached hydrogens (tertiary/aromatic N) is 3. The molecule has 0 atom stereocenters. The quantitative estimate of drug-likeness (QED) is 0.139. The number of anilines is 3. The molecule has 0 aliphatic heterocycles. The lowest BCUT2D eigenvalue weighted by Crippen LogP contribution is -2.11. The van der Waals surface area contributed by atoms with Crippen LogP contribution in [0.3, 0.4) is 0 Å². The molecule has 3 heteroatoms. The average molecular weight is 904 g/mol. The van der Waals surface area contributed by atoms with Crippen molar-refractivity contribution in [3.8, 4) is 44.8 Å². The first-order valence-corrected chi connectivity index (χ1v) is 24.4. The van der Waals surface area contributed by atoms with Crippen molar-refractivity contribution in [3.63, 3.8) is 0 Å². The molecule has 0 fully saturated rings. The molecule has 0 aliphatic rings. The third-order valence-electron chi connectivity index (χ3n) is 14.5. The van der Waals surface area contributed by atoms with Crippen LogP contribution in [0.25, 0.3) is 110 Å². The van der Waals surface area contributed by atoms with Crippen LogP contribution >= 0.6 is 0 Å². The van der Waals surface area contributed by atoms with E-state index in [-0.39, 0.29) is 0 Å². The summed E-state index contributed by atoms with van der Waals surface area (Å²) >= 11 is 0. The summed E-state index contributed by atoms with van der Waals surface area (Å²) in [5.41, 5.74) is 17.4. The summed E-state index contributed by atoms with van der Waals surface area (Å²) in [5.74, 6) is 0. The molecule has 0 N–H and O–H groups in total. The summed E-state index contributed by atoms with van der Waals surface area (Å²) in [6, 6.07) is 100.0. The van der Waals surface area contributed by atoms with Crippen molar-refractivity contribution in [3.05, 3.63) is 273 Å². The molecule has 14 rings (SSSR count). The fraction of sp³-hybridized carbons (Fsp3) is 0. The van der Waals surface area contributed by atoms with Gasteiger partial charge < -0.3 is 14.0 Å². The molecule has 0 amide bonds. The van der Waals surface area contributed by atoms with E-state index in [4.69, 9.17) is 0 Å². The van der Waals surface area contributed by atoms with Gasteiger partial charge in [-0.1, -0.05) is 188 Å². The lowest BCUT2D eigenvalue weighted by Gasteiger charge is -2.30. The van der Waals surface area contributed by atoms with Gasteiger partial charge in [-0.2, -0.15) is 0 Å². The monoisotopic (exact) mass is 903 g/mol. The van der Waals surface area contributed by atoms with Crippen molar-refractivity contribution >= 4 is 82.2 Å². The Morgan fingerprint density at radius 2 is 0.662 bits per heavy atom. The minimum absolute atomic E-state index is 1.08. The Bertz CT molecular complexity index is 4250. The minimum atomic E-state index is 1.08. The van der Waals surface area contributed by atoms with Gasteiger partial charge in [-0.05, 0) is 129 Å². The van der Waals surface area contributed by atoms with Crippen molar-refractivity contribution in [1.29, 1.82) is 0 Å². The van der Waals surface area contributed by atoms with E-state index in [1.54, 1.807) is 0 Å². The van der Waals surface area contributed by atoms with Crippen LogP contribution < -0.4 is 4.90 Å². The van der Waals surface area contributed by atoms with Gasteiger partial charge in [-0.15, -0.1) is 0 Å². The Hall–Kier alpha value is -9.44. The Labute approximate surface area is 412 Å². The van der Waals surface area contributed by atoms with E-state index in [0.717, 1.165) is 34.0 Å². The number of fused-ring (bicyclic) bond motifs is 8. The van der Waals surface area contributed by atoms with Crippen molar-refractivity contribution in [1.82, 2.24) is 9.13 Å². The minimum Gasteiger partial charge on any atom is -0.309 e. The molecule has 71 heavy (non-hydrogen) atoms. The number of aromatic nitrogens is 2. The average Bonchev–Trinajstić information content (AvgIpc) is 3.96. The van der Waals surface area contributed by atoms with Crippen molar-refractivity contribution in [2.45, 2.75) is 0 Å². The van der Waals surface area contributed by atoms with Crippen molar-refractivity contribution in [2.24, 2.45) is 0 Å². The molecule has 0 radical (unpaired) electrons. The lowest BCUT2D eigenvalue weighted by atomic mass is 9.87. The molecule has 0 saturated carbocycles. The molecule has 0 spiro atoms. The van der Waals surface area contributed by atoms with Gasteiger partial charge in [-0.25, -0.2) is 0 Å². The van der Waals surface area contributed by atoms with Gasteiger partial charge >= 0.3 is 0 Å². The first-order valence-electron chi connectivity index (χ1n) is 24.4. The van der Waals surface area contributed by atoms with E-state index in [1.807, 2.05) is 0 Å². The van der Waals surface area contributed by atoms with Gasteiger partial charge in [0.2, 0.25) is 0 Å². The van der Waals surface area contributed by atoms with E-state index in [2.05, 4.69) is 287 Å². The van der Waals surface area contributed by atoms with E-state index in [1.165, 1.54) is 93.0 Å². The Kier molecular flexibility index (Phi) is 9.53. The van der Waals surface area contributed by atoms with Crippen molar-refractivity contribution in [2.75, 3.05) is 4.90 Å². The highest BCUT2D eigenvalue weighted by molar-refractivity contribution is 6.24. The van der Waals surface area contributed by atoms with Crippen LogP contribution in [0.4, 0.5) is 17.1 Å². The molecule has 14 aromatic rings. The molecule has 0 saturated heterocycles. The standard InChI is InChI=1S/C68H45N3/c1-5-19-46(20-6-1)49-36-41-59-61(43-49)67(48-33-37-53(38-34-48)71-63-30-16-13-27-55(63)56-28-14-17-31-64(56)71)58-40-35-50(47-21-7-2-8-22-47)44-62(58)68(59)69(51-23-9-3-10-24-51)54-39-42-66-60(45-54)57-29-15-18-32-65(57)70(66)52-25-11-4-12-26-52/h1-45H. The predicted octanol–water partition coefficient (Wildman–Crippen LogP) is 18.7. The number of hydrogen-bond donors (Lipinski definition) is 0. The highest BCUT2D eigenvalue weighted by Crippen LogP contribution is 2.51. The van der Waals surface area contributed by atoms with E-state index < -0.39 is 0 Å². The number of benzene rings is 12. The first kappa shape index (κ1) is 40.6. The van der Waals surface area contributed by atoms with Gasteiger partial charge in [0.15, 0.2) is 0 Å². The molecule has 3 nitrogen and oxygen atoms in total. The highest BCUT2D eigenvalue weighted by atomic mass is 15.1. The molecule has 2 aromatic heterocycles. The predicted molar refractivity (Wildman–Crippen MR) is 301 cm³/mol. The third-order valence-corrected chi connectivity index (χ3v) is 14.5. The van der Waals surface area contributed by atoms with E-state index in [0.29, 0.717) is 0 Å². The number of hydrogen-bond acceptors (Lipinski definition) is 1. The summed E-state index contributed by atoms with van der Waals surface area (Å²) in [5, 5.41) is 9.64. The molecular weight excluding hydrogens is 859 g/mol. The third kappa shape index (κ3) is 6.66. The van der Waals surface area contributed by atoms with Gasteiger partial charge in [0, 0.05) is 55.1 Å². The van der Waals surface area contributed by atoms with Crippen LogP contribution in [0, 0.1) is 0 Å². The number of rotatable bonds is 8. The molecule has 12 aromatic carbocycles. The van der Waals surface area contributed by atoms with Crippen LogP contribution in [-0.4, -0.2) is 9.13 Å². The highest BCUT2D eigenvalue weighted by Gasteiger charge is 2.25. The Balaban J connectivity index is 1.07. The normalized spacial score (nSPS) is 11.7. The van der Waals surface area contributed by atoms with Crippen LogP contribution in [0.2, 0.25) is 0 Å². The zero-order chi connectivity index (χ0) is 46.8. The molecule has 2 heterocycles. The second-order valence-corrected chi connectivity index (χ2v) is 18.5. The van der Waals surface area contributed by atoms with Gasteiger partial charge in [0.25, 0.3) is 0 Å². The van der Waals surface area contributed by atoms with Crippen LogP contribution in [0.5, 0.6) is 0 Å². The largest absolute Gasteiger partial charge is 0.309 e.